The number of amides is 2. The minimum absolute atomic E-state index is 0.198. The van der Waals surface area contributed by atoms with Crippen LogP contribution in [0.4, 0.5) is 4.79 Å². The highest BCUT2D eigenvalue weighted by Crippen LogP contribution is 2.29. The smallest absolute Gasteiger partial charge is 0.320 e. The van der Waals surface area contributed by atoms with Gasteiger partial charge in [0.1, 0.15) is 0 Å². The van der Waals surface area contributed by atoms with Crippen molar-refractivity contribution in [2.24, 2.45) is 5.41 Å². The maximum Gasteiger partial charge on any atom is 0.320 e. The highest BCUT2D eigenvalue weighted by atomic mass is 16.5. The van der Waals surface area contributed by atoms with Gasteiger partial charge in [-0.05, 0) is 11.8 Å². The Labute approximate surface area is 91.2 Å². The highest BCUT2D eigenvalue weighted by molar-refractivity contribution is 5.75. The molecular formula is C11H20N2O2. The van der Waals surface area contributed by atoms with E-state index in [1.165, 1.54) is 0 Å². The van der Waals surface area contributed by atoms with Gasteiger partial charge in [0.2, 0.25) is 0 Å². The summed E-state index contributed by atoms with van der Waals surface area (Å²) in [4.78, 5) is 16.0. The zero-order chi connectivity index (χ0) is 10.9. The molecule has 0 atom stereocenters. The molecule has 2 aliphatic rings. The third-order valence-corrected chi connectivity index (χ3v) is 3.23. The summed E-state index contributed by atoms with van der Waals surface area (Å²) in [6.07, 6.45) is 1.11. The lowest BCUT2D eigenvalue weighted by molar-refractivity contribution is 0.0445. The van der Waals surface area contributed by atoms with Crippen molar-refractivity contribution >= 4 is 6.03 Å². The second kappa shape index (κ2) is 4.00. The molecule has 0 aromatic rings. The number of rotatable bonds is 0. The number of hydrogen-bond donors (Lipinski definition) is 0. The molecule has 0 bridgehead atoms. The number of nitrogens with zero attached hydrogens (tertiary/aromatic N) is 2. The molecule has 0 N–H and O–H groups in total. The molecule has 2 aliphatic heterocycles. The van der Waals surface area contributed by atoms with Crippen molar-refractivity contribution in [1.82, 2.24) is 9.80 Å². The monoisotopic (exact) mass is 212 g/mol. The third-order valence-electron chi connectivity index (χ3n) is 3.23. The van der Waals surface area contributed by atoms with Gasteiger partial charge >= 0.3 is 6.03 Å². The van der Waals surface area contributed by atoms with Crippen molar-refractivity contribution in [3.8, 4) is 0 Å². The third kappa shape index (κ3) is 2.43. The molecule has 0 aromatic heterocycles. The maximum absolute atomic E-state index is 12.1. The first-order valence-electron chi connectivity index (χ1n) is 5.70. The van der Waals surface area contributed by atoms with E-state index in [4.69, 9.17) is 4.74 Å². The quantitative estimate of drug-likeness (QED) is 0.604. The van der Waals surface area contributed by atoms with Gasteiger partial charge in [-0.3, -0.25) is 0 Å². The van der Waals surface area contributed by atoms with Crippen LogP contribution in [0.2, 0.25) is 0 Å². The number of carbonyl (C=O) groups excluding carboxylic acids is 1. The Morgan fingerprint density at radius 3 is 2.33 bits per heavy atom. The Balaban J connectivity index is 1.90. The molecule has 86 valence electrons. The molecule has 15 heavy (non-hydrogen) atoms. The van der Waals surface area contributed by atoms with Gasteiger partial charge in [-0.25, -0.2) is 4.79 Å². The molecule has 0 aromatic carbocycles. The standard InChI is InChI=1S/C11H20N2O2/c1-11(2)3-4-13(9-11)10(14)12-5-7-15-8-6-12/h3-9H2,1-2H3. The van der Waals surface area contributed by atoms with Gasteiger partial charge in [0.15, 0.2) is 0 Å². The summed E-state index contributed by atoms with van der Waals surface area (Å²) in [5, 5.41) is 0. The Morgan fingerprint density at radius 1 is 1.13 bits per heavy atom. The summed E-state index contributed by atoms with van der Waals surface area (Å²) < 4.78 is 5.24. The fourth-order valence-electron chi connectivity index (χ4n) is 2.23. The lowest BCUT2D eigenvalue weighted by atomic mass is 9.93. The molecule has 2 rings (SSSR count). The van der Waals surface area contributed by atoms with Crippen LogP contribution in [0.15, 0.2) is 0 Å². The Bertz CT molecular complexity index is 247. The summed E-state index contributed by atoms with van der Waals surface area (Å²) in [5.41, 5.74) is 0.294. The van der Waals surface area contributed by atoms with E-state index in [1.54, 1.807) is 0 Å². The van der Waals surface area contributed by atoms with E-state index in [0.29, 0.717) is 18.6 Å². The Kier molecular flexibility index (Phi) is 2.87. The molecular weight excluding hydrogens is 192 g/mol. The highest BCUT2D eigenvalue weighted by Gasteiger charge is 2.34. The first-order valence-corrected chi connectivity index (χ1v) is 5.70. The van der Waals surface area contributed by atoms with Crippen molar-refractivity contribution in [2.45, 2.75) is 20.3 Å². The van der Waals surface area contributed by atoms with Gasteiger partial charge in [0, 0.05) is 26.2 Å². The summed E-state index contributed by atoms with van der Waals surface area (Å²) in [5.74, 6) is 0. The first kappa shape index (κ1) is 10.7. The average molecular weight is 212 g/mol. The molecule has 0 spiro atoms. The van der Waals surface area contributed by atoms with E-state index in [-0.39, 0.29) is 6.03 Å². The number of likely N-dealkylation sites (tertiary alicyclic amines) is 1. The Morgan fingerprint density at radius 2 is 1.80 bits per heavy atom. The Hall–Kier alpha value is -0.770. The molecule has 2 fully saturated rings. The van der Waals surface area contributed by atoms with Crippen molar-refractivity contribution in [3.63, 3.8) is 0 Å². The van der Waals surface area contributed by atoms with Crippen LogP contribution >= 0.6 is 0 Å². The first-order chi connectivity index (χ1) is 7.08. The summed E-state index contributed by atoms with van der Waals surface area (Å²) >= 11 is 0. The van der Waals surface area contributed by atoms with Gasteiger partial charge in [-0.15, -0.1) is 0 Å². The number of urea groups is 1. The van der Waals surface area contributed by atoms with E-state index < -0.39 is 0 Å². The van der Waals surface area contributed by atoms with Crippen LogP contribution in [0, 0.1) is 5.41 Å². The SMILES string of the molecule is CC1(C)CCN(C(=O)N2CCOCC2)C1. The van der Waals surface area contributed by atoms with Crippen LogP contribution in [-0.4, -0.2) is 55.2 Å². The molecule has 4 nitrogen and oxygen atoms in total. The van der Waals surface area contributed by atoms with Crippen molar-refractivity contribution in [2.75, 3.05) is 39.4 Å². The number of carbonyl (C=O) groups is 1. The van der Waals surface area contributed by atoms with Crippen molar-refractivity contribution in [1.29, 1.82) is 0 Å². The van der Waals surface area contributed by atoms with Gasteiger partial charge in [0.25, 0.3) is 0 Å². The fourth-order valence-corrected chi connectivity index (χ4v) is 2.23. The zero-order valence-corrected chi connectivity index (χ0v) is 9.66. The van der Waals surface area contributed by atoms with E-state index >= 15 is 0 Å². The average Bonchev–Trinajstić information content (AvgIpc) is 2.59. The van der Waals surface area contributed by atoms with E-state index in [2.05, 4.69) is 13.8 Å². The van der Waals surface area contributed by atoms with Crippen LogP contribution in [0.25, 0.3) is 0 Å². The van der Waals surface area contributed by atoms with Crippen LogP contribution in [-0.2, 0) is 4.74 Å². The minimum Gasteiger partial charge on any atom is -0.378 e. The molecule has 4 heteroatoms. The van der Waals surface area contributed by atoms with E-state index in [0.717, 1.165) is 32.6 Å². The molecule has 2 heterocycles. The van der Waals surface area contributed by atoms with E-state index in [9.17, 15) is 4.79 Å². The van der Waals surface area contributed by atoms with E-state index in [1.807, 2.05) is 9.80 Å². The minimum atomic E-state index is 0.198. The molecule has 0 aliphatic carbocycles. The molecule has 0 radical (unpaired) electrons. The van der Waals surface area contributed by atoms with Gasteiger partial charge in [0.05, 0.1) is 13.2 Å². The molecule has 0 unspecified atom stereocenters. The molecule has 2 amide bonds. The van der Waals surface area contributed by atoms with Crippen LogP contribution < -0.4 is 0 Å². The fraction of sp³-hybridized carbons (Fsp3) is 0.909. The van der Waals surface area contributed by atoms with Crippen molar-refractivity contribution in [3.05, 3.63) is 0 Å². The van der Waals surface area contributed by atoms with Gasteiger partial charge in [-0.1, -0.05) is 13.8 Å². The second-order valence-electron chi connectivity index (χ2n) is 5.22. The topological polar surface area (TPSA) is 32.8 Å². The maximum atomic E-state index is 12.1. The van der Waals surface area contributed by atoms with Gasteiger partial charge < -0.3 is 14.5 Å². The lowest BCUT2D eigenvalue weighted by Crippen LogP contribution is -2.47. The van der Waals surface area contributed by atoms with Gasteiger partial charge in [-0.2, -0.15) is 0 Å². The van der Waals surface area contributed by atoms with Crippen molar-refractivity contribution < 1.29 is 9.53 Å². The predicted molar refractivity (Wildman–Crippen MR) is 57.8 cm³/mol. The largest absolute Gasteiger partial charge is 0.378 e. The summed E-state index contributed by atoms with van der Waals surface area (Å²) in [7, 11) is 0. The zero-order valence-electron chi connectivity index (χ0n) is 9.66. The van der Waals surface area contributed by atoms with Crippen LogP contribution in [0.5, 0.6) is 0 Å². The number of hydrogen-bond acceptors (Lipinski definition) is 2. The summed E-state index contributed by atoms with van der Waals surface area (Å²) in [6.45, 7) is 9.10. The van der Waals surface area contributed by atoms with Crippen LogP contribution in [0.1, 0.15) is 20.3 Å². The number of morpholine rings is 1. The number of ether oxygens (including phenoxy) is 1. The van der Waals surface area contributed by atoms with Crippen LogP contribution in [0.3, 0.4) is 0 Å². The normalized spacial score (nSPS) is 25.7. The predicted octanol–water partition coefficient (Wildman–Crippen LogP) is 1.17. The lowest BCUT2D eigenvalue weighted by Gasteiger charge is -2.31. The molecule has 0 saturated carbocycles. The molecule has 2 saturated heterocycles. The second-order valence-corrected chi connectivity index (χ2v) is 5.22. The summed E-state index contributed by atoms with van der Waals surface area (Å²) in [6, 6.07) is 0.198.